The molecule has 1 aromatic carbocycles. The van der Waals surface area contributed by atoms with Gasteiger partial charge in [-0.15, -0.1) is 0 Å². The quantitative estimate of drug-likeness (QED) is 0.655. The van der Waals surface area contributed by atoms with Crippen molar-refractivity contribution in [3.05, 3.63) is 66.0 Å². The molecule has 0 unspecified atom stereocenters. The van der Waals surface area contributed by atoms with Gasteiger partial charge >= 0.3 is 0 Å². The van der Waals surface area contributed by atoms with Crippen LogP contribution >= 0.6 is 0 Å². The van der Waals surface area contributed by atoms with E-state index in [2.05, 4.69) is 10.3 Å². The normalized spacial score (nSPS) is 12.4. The summed E-state index contributed by atoms with van der Waals surface area (Å²) in [5, 5.41) is 2.78. The number of nitrogens with zero attached hydrogens (tertiary/aromatic N) is 3. The van der Waals surface area contributed by atoms with E-state index in [9.17, 15) is 18.0 Å². The summed E-state index contributed by atoms with van der Waals surface area (Å²) in [7, 11) is -2.19. The van der Waals surface area contributed by atoms with Crippen LogP contribution in [0.25, 0.3) is 0 Å². The molecule has 156 valence electrons. The minimum absolute atomic E-state index is 0.190. The van der Waals surface area contributed by atoms with Gasteiger partial charge in [0.2, 0.25) is 21.8 Å². The first-order valence-electron chi connectivity index (χ1n) is 9.11. The van der Waals surface area contributed by atoms with Crippen molar-refractivity contribution in [2.75, 3.05) is 19.8 Å². The lowest BCUT2D eigenvalue weighted by atomic mass is 10.1. The minimum Gasteiger partial charge on any atom is -0.349 e. The van der Waals surface area contributed by atoms with Crippen LogP contribution in [-0.2, 0) is 32.7 Å². The van der Waals surface area contributed by atoms with Crippen LogP contribution in [0.5, 0.6) is 0 Å². The van der Waals surface area contributed by atoms with Crippen LogP contribution in [0.1, 0.15) is 18.2 Å². The Balaban J connectivity index is 2.13. The van der Waals surface area contributed by atoms with Gasteiger partial charge in [-0.3, -0.25) is 14.6 Å². The predicted octanol–water partition coefficient (Wildman–Crippen LogP) is 1.01. The third-order valence-electron chi connectivity index (χ3n) is 4.46. The predicted molar refractivity (Wildman–Crippen MR) is 110 cm³/mol. The average molecular weight is 419 g/mol. The van der Waals surface area contributed by atoms with Crippen LogP contribution in [0.15, 0.2) is 54.7 Å². The van der Waals surface area contributed by atoms with E-state index in [0.717, 1.165) is 16.1 Å². The van der Waals surface area contributed by atoms with E-state index < -0.39 is 22.0 Å². The van der Waals surface area contributed by atoms with E-state index >= 15 is 0 Å². The Morgan fingerprint density at radius 2 is 1.76 bits per heavy atom. The first-order valence-corrected chi connectivity index (χ1v) is 11.0. The van der Waals surface area contributed by atoms with E-state index in [4.69, 9.17) is 0 Å². The molecule has 2 amide bonds. The number of benzene rings is 1. The van der Waals surface area contributed by atoms with Crippen molar-refractivity contribution in [1.82, 2.24) is 19.5 Å². The van der Waals surface area contributed by atoms with Gasteiger partial charge in [0.15, 0.2) is 0 Å². The maximum Gasteiger partial charge on any atom is 0.242 e. The van der Waals surface area contributed by atoms with E-state index in [0.29, 0.717) is 5.69 Å². The maximum atomic E-state index is 12.9. The summed E-state index contributed by atoms with van der Waals surface area (Å²) in [5.41, 5.74) is 1.54. The first kappa shape index (κ1) is 22.5. The first-order chi connectivity index (χ1) is 13.7. The molecule has 0 saturated carbocycles. The van der Waals surface area contributed by atoms with Crippen molar-refractivity contribution in [2.45, 2.75) is 26.1 Å². The third kappa shape index (κ3) is 6.95. The molecule has 1 heterocycles. The van der Waals surface area contributed by atoms with Crippen molar-refractivity contribution >= 4 is 21.8 Å². The number of likely N-dealkylation sites (N-methyl/N-ethyl adjacent to an activating group) is 1. The summed E-state index contributed by atoms with van der Waals surface area (Å²) in [6, 6.07) is 13.8. The van der Waals surface area contributed by atoms with Gasteiger partial charge in [0, 0.05) is 19.8 Å². The molecule has 1 aromatic heterocycles. The second-order valence-electron chi connectivity index (χ2n) is 6.74. The van der Waals surface area contributed by atoms with Crippen LogP contribution in [0.3, 0.4) is 0 Å². The summed E-state index contributed by atoms with van der Waals surface area (Å²) in [5.74, 6) is -0.802. The molecular weight excluding hydrogens is 392 g/mol. The molecule has 9 heteroatoms. The smallest absolute Gasteiger partial charge is 0.242 e. The Kier molecular flexibility index (Phi) is 7.86. The Labute approximate surface area is 171 Å². The Hall–Kier alpha value is -2.78. The number of carbonyl (C=O) groups excluding carboxylic acids is 2. The fourth-order valence-electron chi connectivity index (χ4n) is 2.59. The van der Waals surface area contributed by atoms with Crippen LogP contribution < -0.4 is 5.32 Å². The Morgan fingerprint density at radius 1 is 1.10 bits per heavy atom. The fourth-order valence-corrected chi connectivity index (χ4v) is 2.93. The second kappa shape index (κ2) is 10.1. The van der Waals surface area contributed by atoms with Crippen molar-refractivity contribution in [3.8, 4) is 0 Å². The van der Waals surface area contributed by atoms with Gasteiger partial charge in [0.25, 0.3) is 0 Å². The lowest BCUT2D eigenvalue weighted by Crippen LogP contribution is -2.50. The number of rotatable bonds is 9. The SMILES string of the molecule is C[C@@H](C(=O)NCc1ccccn1)N(Cc1ccccc1)C(=O)CN(C)S(C)(=O)=O. The minimum atomic E-state index is -3.52. The molecule has 0 bridgehead atoms. The second-order valence-corrected chi connectivity index (χ2v) is 8.83. The average Bonchev–Trinajstić information content (AvgIpc) is 2.70. The Bertz CT molecular complexity index is 920. The summed E-state index contributed by atoms with van der Waals surface area (Å²) in [6.45, 7) is 1.70. The molecule has 2 rings (SSSR count). The summed E-state index contributed by atoms with van der Waals surface area (Å²) in [4.78, 5) is 31.1. The van der Waals surface area contributed by atoms with Crippen LogP contribution in [0, 0.1) is 0 Å². The van der Waals surface area contributed by atoms with E-state index in [1.807, 2.05) is 36.4 Å². The zero-order valence-corrected chi connectivity index (χ0v) is 17.6. The van der Waals surface area contributed by atoms with Crippen molar-refractivity contribution in [3.63, 3.8) is 0 Å². The molecule has 0 fully saturated rings. The molecule has 2 aromatic rings. The monoisotopic (exact) mass is 418 g/mol. The van der Waals surface area contributed by atoms with Gasteiger partial charge < -0.3 is 10.2 Å². The van der Waals surface area contributed by atoms with E-state index in [1.54, 1.807) is 25.3 Å². The van der Waals surface area contributed by atoms with Crippen molar-refractivity contribution < 1.29 is 18.0 Å². The number of hydrogen-bond acceptors (Lipinski definition) is 5. The molecule has 0 aliphatic carbocycles. The van der Waals surface area contributed by atoms with E-state index in [1.165, 1.54) is 11.9 Å². The van der Waals surface area contributed by atoms with Crippen molar-refractivity contribution in [2.24, 2.45) is 0 Å². The summed E-state index contributed by atoms with van der Waals surface area (Å²) >= 11 is 0. The van der Waals surface area contributed by atoms with E-state index in [-0.39, 0.29) is 25.5 Å². The largest absolute Gasteiger partial charge is 0.349 e. The summed E-state index contributed by atoms with van der Waals surface area (Å²) in [6.07, 6.45) is 2.67. The zero-order valence-electron chi connectivity index (χ0n) is 16.8. The number of sulfonamides is 1. The molecule has 1 N–H and O–H groups in total. The highest BCUT2D eigenvalue weighted by Gasteiger charge is 2.28. The van der Waals surface area contributed by atoms with Gasteiger partial charge in [-0.05, 0) is 24.6 Å². The van der Waals surface area contributed by atoms with Gasteiger partial charge in [-0.2, -0.15) is 4.31 Å². The number of aromatic nitrogens is 1. The van der Waals surface area contributed by atoms with Gasteiger partial charge in [-0.25, -0.2) is 8.42 Å². The number of amides is 2. The lowest BCUT2D eigenvalue weighted by molar-refractivity contribution is -0.140. The molecule has 0 spiro atoms. The lowest BCUT2D eigenvalue weighted by Gasteiger charge is -2.30. The van der Waals surface area contributed by atoms with Crippen LogP contribution in [0.4, 0.5) is 0 Å². The highest BCUT2D eigenvalue weighted by atomic mass is 32.2. The molecule has 8 nitrogen and oxygen atoms in total. The van der Waals surface area contributed by atoms with Crippen LogP contribution in [-0.4, -0.2) is 60.3 Å². The molecule has 29 heavy (non-hydrogen) atoms. The van der Waals surface area contributed by atoms with Gasteiger partial charge in [-0.1, -0.05) is 36.4 Å². The standard InChI is InChI=1S/C20H26N4O4S/c1-16(20(26)22-13-18-11-7-8-12-21-18)24(14-17-9-5-4-6-10-17)19(25)15-23(2)29(3,27)28/h4-12,16H,13-15H2,1-3H3,(H,22,26)/t16-/m0/s1. The van der Waals surface area contributed by atoms with Gasteiger partial charge in [0.05, 0.1) is 25.0 Å². The number of pyridine rings is 1. The number of nitrogens with one attached hydrogen (secondary N) is 1. The molecule has 0 saturated heterocycles. The molecule has 0 aliphatic heterocycles. The highest BCUT2D eigenvalue weighted by molar-refractivity contribution is 7.88. The topological polar surface area (TPSA) is 99.7 Å². The third-order valence-corrected chi connectivity index (χ3v) is 5.72. The molecule has 1 atom stereocenters. The summed E-state index contributed by atoms with van der Waals surface area (Å²) < 4.78 is 24.3. The van der Waals surface area contributed by atoms with Crippen LogP contribution in [0.2, 0.25) is 0 Å². The highest BCUT2D eigenvalue weighted by Crippen LogP contribution is 2.11. The fraction of sp³-hybridized carbons (Fsp3) is 0.350. The Morgan fingerprint density at radius 3 is 2.34 bits per heavy atom. The molecule has 0 aliphatic rings. The van der Waals surface area contributed by atoms with Gasteiger partial charge in [0.1, 0.15) is 6.04 Å². The number of hydrogen-bond donors (Lipinski definition) is 1. The van der Waals surface area contributed by atoms with Crippen molar-refractivity contribution in [1.29, 1.82) is 0 Å². The zero-order chi connectivity index (χ0) is 21.4. The number of carbonyl (C=O) groups is 2. The maximum absolute atomic E-state index is 12.9. The molecule has 0 radical (unpaired) electrons. The molecular formula is C20H26N4O4S.